The van der Waals surface area contributed by atoms with Crippen LogP contribution in [0.4, 0.5) is 0 Å². The average Bonchev–Trinajstić information content (AvgIpc) is 3.02. The molecule has 1 aromatic carbocycles. The maximum atomic E-state index is 12.2. The average molecular weight is 270 g/mol. The molecule has 0 aliphatic heterocycles. The molecule has 98 valence electrons. The molecule has 2 heteroatoms. The molecular formula is C17H18OS. The van der Waals surface area contributed by atoms with Crippen molar-refractivity contribution >= 4 is 17.1 Å². The van der Waals surface area contributed by atoms with Gasteiger partial charge in [0.25, 0.3) is 0 Å². The van der Waals surface area contributed by atoms with Crippen LogP contribution in [0.15, 0.2) is 41.8 Å². The van der Waals surface area contributed by atoms with E-state index in [0.717, 1.165) is 10.4 Å². The molecule has 0 bridgehead atoms. The molecule has 0 spiro atoms. The monoisotopic (exact) mass is 270 g/mol. The van der Waals surface area contributed by atoms with Gasteiger partial charge in [-0.25, -0.2) is 0 Å². The number of carbonyl (C=O) groups excluding carboxylic acids is 1. The topological polar surface area (TPSA) is 17.1 Å². The molecule has 1 aliphatic carbocycles. The Bertz CT molecular complexity index is 533. The van der Waals surface area contributed by atoms with Crippen molar-refractivity contribution in [2.45, 2.75) is 38.0 Å². The van der Waals surface area contributed by atoms with Crippen molar-refractivity contribution in [1.82, 2.24) is 0 Å². The molecule has 0 atom stereocenters. The van der Waals surface area contributed by atoms with E-state index in [0.29, 0.717) is 5.92 Å². The Balaban J connectivity index is 1.77. The maximum absolute atomic E-state index is 12.2. The van der Waals surface area contributed by atoms with Gasteiger partial charge < -0.3 is 0 Å². The molecular weight excluding hydrogens is 252 g/mol. The molecule has 2 aromatic rings. The van der Waals surface area contributed by atoms with Crippen LogP contribution in [0.2, 0.25) is 0 Å². The van der Waals surface area contributed by atoms with E-state index in [2.05, 4.69) is 12.1 Å². The quantitative estimate of drug-likeness (QED) is 0.715. The van der Waals surface area contributed by atoms with Crippen LogP contribution >= 0.6 is 11.3 Å². The van der Waals surface area contributed by atoms with Gasteiger partial charge in [0.1, 0.15) is 0 Å². The Hall–Kier alpha value is -1.41. The van der Waals surface area contributed by atoms with Gasteiger partial charge in [-0.1, -0.05) is 49.6 Å². The molecule has 1 saturated carbocycles. The molecule has 0 N–H and O–H groups in total. The minimum atomic E-state index is 0.144. The Morgan fingerprint density at radius 1 is 1.00 bits per heavy atom. The van der Waals surface area contributed by atoms with Crippen molar-refractivity contribution in [3.05, 3.63) is 57.8 Å². The number of hydrogen-bond acceptors (Lipinski definition) is 2. The van der Waals surface area contributed by atoms with Crippen LogP contribution in [-0.2, 0) is 0 Å². The van der Waals surface area contributed by atoms with Crippen molar-refractivity contribution in [3.63, 3.8) is 0 Å². The van der Waals surface area contributed by atoms with Crippen molar-refractivity contribution in [3.8, 4) is 0 Å². The van der Waals surface area contributed by atoms with E-state index in [1.165, 1.54) is 49.0 Å². The largest absolute Gasteiger partial charge is 0.288 e. The molecule has 0 radical (unpaired) electrons. The summed E-state index contributed by atoms with van der Waals surface area (Å²) in [7, 11) is 0. The molecule has 1 aliphatic rings. The predicted octanol–water partition coefficient (Wildman–Crippen LogP) is 5.03. The van der Waals surface area contributed by atoms with Crippen LogP contribution in [-0.4, -0.2) is 5.78 Å². The summed E-state index contributed by atoms with van der Waals surface area (Å²) in [6.07, 6.45) is 6.68. The van der Waals surface area contributed by atoms with Crippen molar-refractivity contribution in [2.75, 3.05) is 0 Å². The van der Waals surface area contributed by atoms with E-state index < -0.39 is 0 Å². The van der Waals surface area contributed by atoms with Gasteiger partial charge in [-0.2, -0.15) is 0 Å². The van der Waals surface area contributed by atoms with Crippen molar-refractivity contribution < 1.29 is 4.79 Å². The zero-order valence-electron chi connectivity index (χ0n) is 11.0. The number of carbonyl (C=O) groups is 1. The number of hydrogen-bond donors (Lipinski definition) is 0. The fourth-order valence-electron chi connectivity index (χ4n) is 2.89. The normalized spacial score (nSPS) is 16.4. The third-order valence-corrected chi connectivity index (χ3v) is 4.86. The molecule has 3 rings (SSSR count). The lowest BCUT2D eigenvalue weighted by Crippen LogP contribution is -2.05. The zero-order valence-corrected chi connectivity index (χ0v) is 11.8. The first-order chi connectivity index (χ1) is 9.34. The summed E-state index contributed by atoms with van der Waals surface area (Å²) in [5.74, 6) is 0.852. The van der Waals surface area contributed by atoms with E-state index >= 15 is 0 Å². The van der Waals surface area contributed by atoms with E-state index in [4.69, 9.17) is 0 Å². The van der Waals surface area contributed by atoms with E-state index in [-0.39, 0.29) is 5.78 Å². The van der Waals surface area contributed by atoms with Gasteiger partial charge >= 0.3 is 0 Å². The van der Waals surface area contributed by atoms with Gasteiger partial charge in [-0.3, -0.25) is 4.79 Å². The van der Waals surface area contributed by atoms with Gasteiger partial charge in [0.05, 0.1) is 4.88 Å². The SMILES string of the molecule is O=C(c1ccc(C2CCCCC2)cc1)c1cccs1. The summed E-state index contributed by atoms with van der Waals surface area (Å²) in [6, 6.07) is 12.1. The third-order valence-electron chi connectivity index (χ3n) is 3.99. The maximum Gasteiger partial charge on any atom is 0.202 e. The van der Waals surface area contributed by atoms with Crippen LogP contribution in [0.3, 0.4) is 0 Å². The second kappa shape index (κ2) is 5.70. The zero-order chi connectivity index (χ0) is 13.1. The first-order valence-corrected chi connectivity index (χ1v) is 7.91. The summed E-state index contributed by atoms with van der Waals surface area (Å²) in [5.41, 5.74) is 2.21. The van der Waals surface area contributed by atoms with Crippen LogP contribution in [0.25, 0.3) is 0 Å². The second-order valence-corrected chi connectivity index (χ2v) is 6.21. The van der Waals surface area contributed by atoms with Crippen LogP contribution in [0, 0.1) is 0 Å². The Morgan fingerprint density at radius 2 is 1.74 bits per heavy atom. The first kappa shape index (κ1) is 12.6. The van der Waals surface area contributed by atoms with Crippen LogP contribution < -0.4 is 0 Å². The molecule has 1 fully saturated rings. The second-order valence-electron chi connectivity index (χ2n) is 5.26. The van der Waals surface area contributed by atoms with Crippen molar-refractivity contribution in [1.29, 1.82) is 0 Å². The highest BCUT2D eigenvalue weighted by Crippen LogP contribution is 2.32. The number of ketones is 1. The van der Waals surface area contributed by atoms with E-state index in [1.54, 1.807) is 0 Å². The Kier molecular flexibility index (Phi) is 3.79. The predicted molar refractivity (Wildman–Crippen MR) is 80.0 cm³/mol. The fourth-order valence-corrected chi connectivity index (χ4v) is 3.58. The number of benzene rings is 1. The summed E-state index contributed by atoms with van der Waals surface area (Å²) in [6.45, 7) is 0. The lowest BCUT2D eigenvalue weighted by molar-refractivity contribution is 0.104. The smallest absolute Gasteiger partial charge is 0.202 e. The first-order valence-electron chi connectivity index (χ1n) is 7.03. The highest BCUT2D eigenvalue weighted by atomic mass is 32.1. The van der Waals surface area contributed by atoms with Crippen LogP contribution in [0.1, 0.15) is 58.8 Å². The molecule has 0 unspecified atom stereocenters. The molecule has 0 amide bonds. The summed E-state index contributed by atoms with van der Waals surface area (Å²) < 4.78 is 0. The molecule has 0 saturated heterocycles. The molecule has 1 heterocycles. The lowest BCUT2D eigenvalue weighted by Gasteiger charge is -2.21. The molecule has 1 aromatic heterocycles. The lowest BCUT2D eigenvalue weighted by atomic mass is 9.84. The summed E-state index contributed by atoms with van der Waals surface area (Å²) in [4.78, 5) is 13.0. The molecule has 19 heavy (non-hydrogen) atoms. The fraction of sp³-hybridized carbons (Fsp3) is 0.353. The Morgan fingerprint density at radius 3 is 2.37 bits per heavy atom. The van der Waals surface area contributed by atoms with Gasteiger partial charge in [-0.15, -0.1) is 11.3 Å². The number of thiophene rings is 1. The molecule has 1 nitrogen and oxygen atoms in total. The van der Waals surface area contributed by atoms with Crippen LogP contribution in [0.5, 0.6) is 0 Å². The van der Waals surface area contributed by atoms with Gasteiger partial charge in [0.2, 0.25) is 5.78 Å². The van der Waals surface area contributed by atoms with E-state index in [9.17, 15) is 4.79 Å². The van der Waals surface area contributed by atoms with Crippen molar-refractivity contribution in [2.24, 2.45) is 0 Å². The summed E-state index contributed by atoms with van der Waals surface area (Å²) in [5, 5.41) is 1.95. The number of rotatable bonds is 3. The highest BCUT2D eigenvalue weighted by molar-refractivity contribution is 7.12. The Labute approximate surface area is 118 Å². The third kappa shape index (κ3) is 2.79. The highest BCUT2D eigenvalue weighted by Gasteiger charge is 2.16. The van der Waals surface area contributed by atoms with E-state index in [1.807, 2.05) is 29.6 Å². The minimum absolute atomic E-state index is 0.144. The standard InChI is InChI=1S/C17H18OS/c18-17(16-7-4-12-19-16)15-10-8-14(9-11-15)13-5-2-1-3-6-13/h4,7-13H,1-3,5-6H2. The summed E-state index contributed by atoms with van der Waals surface area (Å²) >= 11 is 1.51. The van der Waals surface area contributed by atoms with Gasteiger partial charge in [0.15, 0.2) is 0 Å². The minimum Gasteiger partial charge on any atom is -0.288 e. The van der Waals surface area contributed by atoms with Gasteiger partial charge in [-0.05, 0) is 35.8 Å². The van der Waals surface area contributed by atoms with Gasteiger partial charge in [0, 0.05) is 5.56 Å².